The molecule has 0 bridgehead atoms. The maximum absolute atomic E-state index is 12.9. The molecule has 5 heterocycles. The van der Waals surface area contributed by atoms with E-state index in [9.17, 15) is 4.79 Å². The van der Waals surface area contributed by atoms with Crippen LogP contribution in [-0.4, -0.2) is 58.9 Å². The Balaban J connectivity index is 1.51. The SMILES string of the molecule is CC[C@H]1CN([C@@H](C)c2ccn3nccc3n2)[C@H](CC)CN1c1cc(=O)n(C)c2cc(CC#N)nn12. The van der Waals surface area contributed by atoms with Crippen molar-refractivity contribution < 1.29 is 0 Å². The van der Waals surface area contributed by atoms with E-state index in [1.54, 1.807) is 28.4 Å². The molecular weight excluding hydrogens is 442 g/mol. The minimum Gasteiger partial charge on any atom is -0.351 e. The Morgan fingerprint density at radius 1 is 1.17 bits per heavy atom. The van der Waals surface area contributed by atoms with Crippen molar-refractivity contribution in [3.8, 4) is 6.07 Å². The molecule has 5 rings (SSSR count). The lowest BCUT2D eigenvalue weighted by Crippen LogP contribution is -2.59. The number of fused-ring (bicyclic) bond motifs is 2. The molecular formula is C25H31N9O. The van der Waals surface area contributed by atoms with Crippen molar-refractivity contribution in [2.45, 2.75) is 58.2 Å². The van der Waals surface area contributed by atoms with Crippen molar-refractivity contribution in [2.75, 3.05) is 18.0 Å². The van der Waals surface area contributed by atoms with Gasteiger partial charge in [-0.1, -0.05) is 13.8 Å². The molecule has 1 aliphatic rings. The van der Waals surface area contributed by atoms with Gasteiger partial charge in [-0.3, -0.25) is 14.3 Å². The highest BCUT2D eigenvalue weighted by Crippen LogP contribution is 2.31. The van der Waals surface area contributed by atoms with Gasteiger partial charge >= 0.3 is 0 Å². The summed E-state index contributed by atoms with van der Waals surface area (Å²) in [6.45, 7) is 8.25. The quantitative estimate of drug-likeness (QED) is 0.424. The monoisotopic (exact) mass is 473 g/mol. The molecule has 0 N–H and O–H groups in total. The first kappa shape index (κ1) is 23.1. The number of rotatable bonds is 6. The number of hydrogen-bond donors (Lipinski definition) is 0. The summed E-state index contributed by atoms with van der Waals surface area (Å²) in [5.41, 5.74) is 3.18. The van der Waals surface area contributed by atoms with E-state index < -0.39 is 0 Å². The first-order valence-corrected chi connectivity index (χ1v) is 12.2. The van der Waals surface area contributed by atoms with Crippen LogP contribution >= 0.6 is 0 Å². The maximum Gasteiger partial charge on any atom is 0.255 e. The molecule has 4 aromatic rings. The molecule has 0 radical (unpaired) electrons. The van der Waals surface area contributed by atoms with Crippen molar-refractivity contribution in [1.29, 1.82) is 5.26 Å². The molecule has 0 aromatic carbocycles. The normalized spacial score (nSPS) is 19.9. The Labute approximate surface area is 204 Å². The van der Waals surface area contributed by atoms with Crippen LogP contribution in [0.1, 0.15) is 51.0 Å². The van der Waals surface area contributed by atoms with Crippen molar-refractivity contribution in [1.82, 2.24) is 33.7 Å². The summed E-state index contributed by atoms with van der Waals surface area (Å²) in [6, 6.07) is 10.3. The molecule has 0 unspecified atom stereocenters. The van der Waals surface area contributed by atoms with E-state index in [0.29, 0.717) is 11.3 Å². The average Bonchev–Trinajstić information content (AvgIpc) is 3.52. The molecule has 0 saturated carbocycles. The lowest BCUT2D eigenvalue weighted by atomic mass is 9.99. The number of aromatic nitrogens is 6. The zero-order valence-electron chi connectivity index (χ0n) is 20.7. The Hall–Kier alpha value is -3.71. The smallest absolute Gasteiger partial charge is 0.255 e. The summed E-state index contributed by atoms with van der Waals surface area (Å²) < 4.78 is 5.20. The van der Waals surface area contributed by atoms with Gasteiger partial charge in [0.15, 0.2) is 5.65 Å². The molecule has 1 fully saturated rings. The predicted octanol–water partition coefficient (Wildman–Crippen LogP) is 2.58. The average molecular weight is 474 g/mol. The second-order valence-corrected chi connectivity index (χ2v) is 9.28. The maximum atomic E-state index is 12.9. The topological polar surface area (TPSA) is 99.8 Å². The zero-order chi connectivity index (χ0) is 24.7. The molecule has 10 heteroatoms. The van der Waals surface area contributed by atoms with E-state index in [2.05, 4.69) is 52.9 Å². The molecule has 0 amide bonds. The van der Waals surface area contributed by atoms with E-state index in [4.69, 9.17) is 10.2 Å². The fourth-order valence-electron chi connectivity index (χ4n) is 5.25. The van der Waals surface area contributed by atoms with Crippen LogP contribution in [0.4, 0.5) is 5.82 Å². The number of anilines is 1. The summed E-state index contributed by atoms with van der Waals surface area (Å²) in [6.07, 6.45) is 5.84. The van der Waals surface area contributed by atoms with Crippen molar-refractivity contribution >= 4 is 17.1 Å². The number of hydrogen-bond acceptors (Lipinski definition) is 7. The second kappa shape index (κ2) is 9.15. The highest BCUT2D eigenvalue weighted by Gasteiger charge is 2.36. The Kier molecular flexibility index (Phi) is 6.03. The van der Waals surface area contributed by atoms with E-state index in [-0.39, 0.29) is 30.1 Å². The lowest BCUT2D eigenvalue weighted by molar-refractivity contribution is 0.0985. The van der Waals surface area contributed by atoms with Crippen molar-refractivity contribution in [3.05, 3.63) is 58.4 Å². The van der Waals surface area contributed by atoms with Crippen LogP contribution in [0.3, 0.4) is 0 Å². The standard InChI is InChI=1S/C25H31N9O/c1-5-19-16-32(24-14-25(35)30(4)23-13-18(7-10-26)29-34(23)24)20(6-2)15-31(19)17(3)21-9-12-33-22(28-21)8-11-27-33/h8-9,11-14,17,19-20H,5-7,15-16H2,1-4H3/t17-,19+,20-/m0/s1. The van der Waals surface area contributed by atoms with E-state index in [1.165, 1.54) is 0 Å². The van der Waals surface area contributed by atoms with Crippen LogP contribution in [0.2, 0.25) is 0 Å². The zero-order valence-corrected chi connectivity index (χ0v) is 20.7. The molecule has 182 valence electrons. The third-order valence-corrected chi connectivity index (χ3v) is 7.33. The predicted molar refractivity (Wildman–Crippen MR) is 133 cm³/mol. The Bertz CT molecular complexity index is 1460. The Morgan fingerprint density at radius 2 is 1.97 bits per heavy atom. The molecule has 4 aromatic heterocycles. The first-order chi connectivity index (χ1) is 16.9. The fraction of sp³-hybridized carbons (Fsp3) is 0.480. The minimum absolute atomic E-state index is 0.0760. The van der Waals surface area contributed by atoms with Gasteiger partial charge in [0.05, 0.1) is 30.1 Å². The second-order valence-electron chi connectivity index (χ2n) is 9.28. The summed E-state index contributed by atoms with van der Waals surface area (Å²) in [7, 11) is 1.75. The van der Waals surface area contributed by atoms with Gasteiger partial charge < -0.3 is 4.90 Å². The van der Waals surface area contributed by atoms with Crippen LogP contribution in [0.25, 0.3) is 11.3 Å². The van der Waals surface area contributed by atoms with Crippen molar-refractivity contribution in [3.63, 3.8) is 0 Å². The number of piperazine rings is 1. The van der Waals surface area contributed by atoms with E-state index in [0.717, 1.165) is 43.1 Å². The first-order valence-electron chi connectivity index (χ1n) is 12.2. The third kappa shape index (κ3) is 3.96. The molecule has 35 heavy (non-hydrogen) atoms. The molecule has 10 nitrogen and oxygen atoms in total. The third-order valence-electron chi connectivity index (χ3n) is 7.33. The number of aryl methyl sites for hydroxylation is 1. The highest BCUT2D eigenvalue weighted by atomic mass is 16.1. The van der Waals surface area contributed by atoms with Crippen LogP contribution in [0.5, 0.6) is 0 Å². The molecule has 1 aliphatic heterocycles. The number of nitrogens with zero attached hydrogens (tertiary/aromatic N) is 9. The minimum atomic E-state index is -0.0760. The van der Waals surface area contributed by atoms with Gasteiger partial charge in [-0.15, -0.1) is 0 Å². The molecule has 1 saturated heterocycles. The van der Waals surface area contributed by atoms with Gasteiger partial charge in [0.2, 0.25) is 0 Å². The van der Waals surface area contributed by atoms with Crippen LogP contribution in [-0.2, 0) is 13.5 Å². The number of nitriles is 1. The Morgan fingerprint density at radius 3 is 2.71 bits per heavy atom. The van der Waals surface area contributed by atoms with Gasteiger partial charge in [-0.25, -0.2) is 14.0 Å². The lowest BCUT2D eigenvalue weighted by Gasteiger charge is -2.49. The summed E-state index contributed by atoms with van der Waals surface area (Å²) >= 11 is 0. The molecule has 0 spiro atoms. The van der Waals surface area contributed by atoms with Crippen LogP contribution in [0, 0.1) is 11.3 Å². The van der Waals surface area contributed by atoms with E-state index >= 15 is 0 Å². The fourth-order valence-corrected chi connectivity index (χ4v) is 5.25. The van der Waals surface area contributed by atoms with Gasteiger partial charge in [-0.05, 0) is 25.8 Å². The van der Waals surface area contributed by atoms with Crippen molar-refractivity contribution in [2.24, 2.45) is 7.05 Å². The van der Waals surface area contributed by atoms with Gasteiger partial charge in [-0.2, -0.15) is 15.5 Å². The molecule has 3 atom stereocenters. The van der Waals surface area contributed by atoms with Gasteiger partial charge in [0.25, 0.3) is 5.56 Å². The summed E-state index contributed by atoms with van der Waals surface area (Å²) in [5.74, 6) is 0.795. The van der Waals surface area contributed by atoms with Gasteiger partial charge in [0, 0.05) is 62.7 Å². The van der Waals surface area contributed by atoms with Gasteiger partial charge in [0.1, 0.15) is 11.5 Å². The molecule has 0 aliphatic carbocycles. The largest absolute Gasteiger partial charge is 0.351 e. The van der Waals surface area contributed by atoms with Crippen LogP contribution < -0.4 is 10.5 Å². The summed E-state index contributed by atoms with van der Waals surface area (Å²) in [4.78, 5) is 22.6. The highest BCUT2D eigenvalue weighted by molar-refractivity contribution is 5.52. The van der Waals surface area contributed by atoms with E-state index in [1.807, 2.05) is 22.8 Å². The van der Waals surface area contributed by atoms with Crippen LogP contribution in [0.15, 0.2) is 41.5 Å². The summed E-state index contributed by atoms with van der Waals surface area (Å²) in [5, 5.41) is 18.1.